The zero-order valence-corrected chi connectivity index (χ0v) is 36.9. The number of hydrazine groups is 1. The van der Waals surface area contributed by atoms with E-state index in [0.717, 1.165) is 32.1 Å². The number of halogens is 3. The molecule has 4 aliphatic rings. The van der Waals surface area contributed by atoms with Gasteiger partial charge in [-0.3, -0.25) is 24.8 Å². The lowest BCUT2D eigenvalue weighted by Gasteiger charge is -2.43. The van der Waals surface area contributed by atoms with E-state index in [4.69, 9.17) is 23.7 Å². The monoisotopic (exact) mass is 927 g/mol. The van der Waals surface area contributed by atoms with Gasteiger partial charge in [0.1, 0.15) is 32.2 Å². The fourth-order valence-electron chi connectivity index (χ4n) is 9.37. The number of nitrogens with one attached hydrogen (secondary N) is 1. The van der Waals surface area contributed by atoms with Crippen LogP contribution in [0.2, 0.25) is 0 Å². The van der Waals surface area contributed by atoms with Gasteiger partial charge in [-0.25, -0.2) is 19.6 Å². The van der Waals surface area contributed by atoms with Crippen LogP contribution in [-0.2, 0) is 33.3 Å². The summed E-state index contributed by atoms with van der Waals surface area (Å²) in [5, 5.41) is 4.77. The largest absolute Gasteiger partial charge is 0.494 e. The molecule has 2 unspecified atom stereocenters. The molecule has 68 heavy (non-hydrogen) atoms. The van der Waals surface area contributed by atoms with Crippen molar-refractivity contribution in [2.24, 2.45) is 0 Å². The predicted molar refractivity (Wildman–Crippen MR) is 240 cm³/mol. The number of aromatic nitrogens is 1. The summed E-state index contributed by atoms with van der Waals surface area (Å²) in [7, 11) is 0. The Balaban J connectivity index is 0.913. The summed E-state index contributed by atoms with van der Waals surface area (Å²) in [6.45, 7) is 4.28. The molecule has 5 heterocycles. The highest BCUT2D eigenvalue weighted by atomic mass is 19.4. The van der Waals surface area contributed by atoms with Crippen LogP contribution in [0.1, 0.15) is 54.5 Å². The number of hydrogen-bond donors (Lipinski definition) is 1. The fraction of sp³-hybridized carbons (Fsp3) is 0.275. The first-order chi connectivity index (χ1) is 32.8. The number of unbranched alkanes of at least 4 members (excludes halogenated alkanes) is 1. The number of hydrogen-bond acceptors (Lipinski definition) is 10. The number of ether oxygens (including phenoxy) is 5. The average Bonchev–Trinajstić information content (AvgIpc) is 3.68. The highest BCUT2D eigenvalue weighted by Crippen LogP contribution is 2.48. The molecule has 10 rings (SSSR count). The molecule has 0 radical (unpaired) electrons. The Morgan fingerprint density at radius 3 is 2.03 bits per heavy atom. The van der Waals surface area contributed by atoms with Crippen molar-refractivity contribution in [3.63, 3.8) is 0 Å². The molecule has 348 valence electrons. The van der Waals surface area contributed by atoms with Crippen LogP contribution >= 0.6 is 0 Å². The maximum Gasteiger partial charge on any atom is 0.418 e. The number of fused-ring (bicyclic) bond motifs is 3. The van der Waals surface area contributed by atoms with Crippen molar-refractivity contribution in [2.45, 2.75) is 50.4 Å². The Labute approximate surface area is 388 Å². The summed E-state index contributed by atoms with van der Waals surface area (Å²) < 4.78 is 71.9. The molecule has 2 fully saturated rings. The fourth-order valence-corrected chi connectivity index (χ4v) is 9.37. The maximum atomic E-state index is 14.9. The van der Waals surface area contributed by atoms with E-state index in [2.05, 4.69) is 10.3 Å². The van der Waals surface area contributed by atoms with Crippen LogP contribution in [0.25, 0.3) is 22.0 Å². The number of alkyl halides is 3. The van der Waals surface area contributed by atoms with E-state index in [0.29, 0.717) is 82.4 Å². The molecule has 2 atom stereocenters. The summed E-state index contributed by atoms with van der Waals surface area (Å²) in [5.41, 5.74) is -1.12. The molecule has 0 bridgehead atoms. The molecule has 0 saturated carbocycles. The quantitative estimate of drug-likeness (QED) is 0.0933. The van der Waals surface area contributed by atoms with Crippen molar-refractivity contribution in [1.82, 2.24) is 25.2 Å². The van der Waals surface area contributed by atoms with E-state index in [1.807, 2.05) is 36.4 Å². The molecule has 17 heteroatoms. The Morgan fingerprint density at radius 1 is 0.706 bits per heavy atom. The molecule has 2 saturated heterocycles. The SMILES string of the molecule is CC1(c2ccc3c(c2)OCCO3)C(=O)NC(=O)N1N1C(=O)N(CCCCOc2cccc(-c3c(Cc4ccccc4)cnc4c(C(F)(F)F)cccc34)c2)C(=O)C1(C)c1ccc2c(c1)OCCO2. The molecule has 4 aliphatic heterocycles. The number of urea groups is 2. The number of pyridine rings is 1. The standard InChI is InChI=1S/C51H44F3N5O9/c1-49(34-16-18-39-41(28-34)67-24-22-65-39)45(60)56-47(62)58(49)59-48(63)57(46(61)50(59,2)35-17-19-40-42(29-35)68-25-23-66-40)20-6-7-21-64-36-13-8-12-32(27-36)43-33(26-31-10-4-3-5-11-31)30-55-44-37(43)14-9-15-38(44)51(52,53)54/h3-5,8-19,27-30H,6-7,20-26H2,1-2H3,(H,56,60,62). The topological polar surface area (TPSA) is 149 Å². The summed E-state index contributed by atoms with van der Waals surface area (Å²) in [6, 6.07) is 28.7. The third kappa shape index (κ3) is 7.51. The smallest absolute Gasteiger partial charge is 0.418 e. The lowest BCUT2D eigenvalue weighted by Crippen LogP contribution is -2.61. The summed E-state index contributed by atoms with van der Waals surface area (Å²) in [4.78, 5) is 63.1. The van der Waals surface area contributed by atoms with Crippen molar-refractivity contribution < 1.29 is 56.0 Å². The van der Waals surface area contributed by atoms with Crippen molar-refractivity contribution in [3.8, 4) is 39.9 Å². The van der Waals surface area contributed by atoms with Crippen molar-refractivity contribution >= 4 is 34.8 Å². The molecule has 14 nitrogen and oxygen atoms in total. The maximum absolute atomic E-state index is 14.9. The number of carbonyl (C=O) groups excluding carboxylic acids is 4. The van der Waals surface area contributed by atoms with E-state index in [-0.39, 0.29) is 38.3 Å². The second-order valence-corrected chi connectivity index (χ2v) is 17.1. The number of amides is 6. The van der Waals surface area contributed by atoms with Gasteiger partial charge in [-0.2, -0.15) is 13.2 Å². The first kappa shape index (κ1) is 44.0. The highest BCUT2D eigenvalue weighted by molar-refractivity contribution is 6.12. The lowest BCUT2D eigenvalue weighted by atomic mass is 9.88. The minimum absolute atomic E-state index is 0.0742. The number of nitrogens with zero attached hydrogens (tertiary/aromatic N) is 4. The van der Waals surface area contributed by atoms with E-state index in [1.54, 1.807) is 60.7 Å². The first-order valence-electron chi connectivity index (χ1n) is 22.1. The second-order valence-electron chi connectivity index (χ2n) is 17.1. The summed E-state index contributed by atoms with van der Waals surface area (Å²) >= 11 is 0. The van der Waals surface area contributed by atoms with Gasteiger partial charge in [0, 0.05) is 18.1 Å². The third-order valence-corrected chi connectivity index (χ3v) is 12.9. The predicted octanol–water partition coefficient (Wildman–Crippen LogP) is 8.77. The number of para-hydroxylation sites is 1. The van der Waals surface area contributed by atoms with Gasteiger partial charge in [0.25, 0.3) is 11.8 Å². The molecular formula is C51H44F3N5O9. The number of carbonyl (C=O) groups is 4. The zero-order valence-electron chi connectivity index (χ0n) is 36.9. The van der Waals surface area contributed by atoms with Gasteiger partial charge in [-0.05, 0) is 109 Å². The van der Waals surface area contributed by atoms with Crippen molar-refractivity contribution in [3.05, 3.63) is 143 Å². The minimum Gasteiger partial charge on any atom is -0.494 e. The molecule has 0 aliphatic carbocycles. The van der Waals surface area contributed by atoms with Crippen LogP contribution in [0.3, 0.4) is 0 Å². The number of rotatable bonds is 12. The van der Waals surface area contributed by atoms with Gasteiger partial charge < -0.3 is 23.7 Å². The Kier molecular flexibility index (Phi) is 11.1. The minimum atomic E-state index is -4.61. The van der Waals surface area contributed by atoms with Gasteiger partial charge >= 0.3 is 18.2 Å². The molecular weight excluding hydrogens is 884 g/mol. The zero-order chi connectivity index (χ0) is 47.4. The van der Waals surface area contributed by atoms with Crippen LogP contribution in [0.5, 0.6) is 28.7 Å². The highest BCUT2D eigenvalue weighted by Gasteiger charge is 2.65. The van der Waals surface area contributed by atoms with Crippen LogP contribution in [-0.4, -0.2) is 83.4 Å². The molecule has 6 aromatic rings. The van der Waals surface area contributed by atoms with Crippen molar-refractivity contribution in [2.75, 3.05) is 39.6 Å². The van der Waals surface area contributed by atoms with E-state index in [9.17, 15) is 32.3 Å². The Morgan fingerprint density at radius 2 is 1.35 bits per heavy atom. The first-order valence-corrected chi connectivity index (χ1v) is 22.1. The molecule has 1 N–H and O–H groups in total. The Bertz CT molecular complexity index is 3010. The molecule has 1 aromatic heterocycles. The van der Waals surface area contributed by atoms with Crippen LogP contribution in [0.15, 0.2) is 115 Å². The summed E-state index contributed by atoms with van der Waals surface area (Å²) in [6.07, 6.45) is -2.04. The Hall–Kier alpha value is -7.82. The average molecular weight is 928 g/mol. The van der Waals surface area contributed by atoms with Gasteiger partial charge in [0.15, 0.2) is 34.1 Å². The molecule has 6 amide bonds. The lowest BCUT2D eigenvalue weighted by molar-refractivity contribution is -0.144. The van der Waals surface area contributed by atoms with Crippen LogP contribution < -0.4 is 29.0 Å². The number of benzene rings is 5. The molecule has 5 aromatic carbocycles. The number of imide groups is 2. The summed E-state index contributed by atoms with van der Waals surface area (Å²) in [5.74, 6) is 0.694. The van der Waals surface area contributed by atoms with E-state index >= 15 is 0 Å². The van der Waals surface area contributed by atoms with Crippen LogP contribution in [0.4, 0.5) is 22.8 Å². The van der Waals surface area contributed by atoms with Crippen LogP contribution in [0, 0.1) is 0 Å². The van der Waals surface area contributed by atoms with E-state index in [1.165, 1.54) is 26.1 Å². The van der Waals surface area contributed by atoms with Gasteiger partial charge in [0.2, 0.25) is 0 Å². The second kappa shape index (κ2) is 17.1. The van der Waals surface area contributed by atoms with Crippen molar-refractivity contribution in [1.29, 1.82) is 0 Å². The van der Waals surface area contributed by atoms with Gasteiger partial charge in [-0.1, -0.05) is 66.7 Å². The van der Waals surface area contributed by atoms with E-state index < -0.39 is 46.7 Å². The third-order valence-electron chi connectivity index (χ3n) is 12.9. The van der Waals surface area contributed by atoms with Gasteiger partial charge in [-0.15, -0.1) is 0 Å². The normalized spacial score (nSPS) is 20.0. The molecule has 0 spiro atoms. The van der Waals surface area contributed by atoms with Gasteiger partial charge in [0.05, 0.1) is 17.7 Å².